The molecule has 12 heteroatoms. The van der Waals surface area contributed by atoms with Crippen molar-refractivity contribution in [2.75, 3.05) is 63.6 Å². The second-order valence-corrected chi connectivity index (χ2v) is 14.9. The van der Waals surface area contributed by atoms with Crippen molar-refractivity contribution in [1.82, 2.24) is 29.3 Å². The van der Waals surface area contributed by atoms with Gasteiger partial charge >= 0.3 is 0 Å². The predicted molar refractivity (Wildman–Crippen MR) is 191 cm³/mol. The van der Waals surface area contributed by atoms with E-state index in [0.717, 1.165) is 55.5 Å². The number of fused-ring (bicyclic) bond motifs is 1. The number of carbonyl (C=O) groups is 1. The van der Waals surface area contributed by atoms with Crippen LogP contribution in [0.25, 0.3) is 22.3 Å². The number of hydrogen-bond acceptors (Lipinski definition) is 9. The molecule has 1 amide bonds. The lowest BCUT2D eigenvalue weighted by molar-refractivity contribution is -0.0704. The fourth-order valence-corrected chi connectivity index (χ4v) is 8.74. The molecule has 0 radical (unpaired) electrons. The molecule has 0 atom stereocenters. The van der Waals surface area contributed by atoms with Crippen LogP contribution in [0.4, 0.5) is 16.0 Å². The van der Waals surface area contributed by atoms with Gasteiger partial charge in [0.05, 0.1) is 35.4 Å². The molecule has 264 valence electrons. The number of methoxy groups -OCH3 is 1. The van der Waals surface area contributed by atoms with E-state index in [1.807, 2.05) is 6.07 Å². The van der Waals surface area contributed by atoms with E-state index in [2.05, 4.69) is 53.7 Å². The highest BCUT2D eigenvalue weighted by Crippen LogP contribution is 2.43. The first-order valence-electron chi connectivity index (χ1n) is 18.1. The van der Waals surface area contributed by atoms with Gasteiger partial charge < -0.3 is 24.2 Å². The molecule has 1 aliphatic carbocycles. The van der Waals surface area contributed by atoms with E-state index in [1.54, 1.807) is 12.3 Å². The second-order valence-electron chi connectivity index (χ2n) is 14.9. The Morgan fingerprint density at radius 2 is 1.74 bits per heavy atom. The van der Waals surface area contributed by atoms with Crippen molar-refractivity contribution in [3.05, 3.63) is 60.3 Å². The number of aromatic nitrogens is 4. The number of pyridine rings is 2. The molecule has 4 aromatic rings. The summed E-state index contributed by atoms with van der Waals surface area (Å²) in [6, 6.07) is 10.0. The maximum atomic E-state index is 15.9. The zero-order valence-electron chi connectivity index (χ0n) is 29.0. The minimum Gasteiger partial charge on any atom is -0.496 e. The third-order valence-electron chi connectivity index (χ3n) is 11.8. The number of carbonyl (C=O) groups excluding carboxylic acids is 1. The van der Waals surface area contributed by atoms with Crippen LogP contribution in [0.1, 0.15) is 67.8 Å². The van der Waals surface area contributed by atoms with Gasteiger partial charge in [0.2, 0.25) is 5.95 Å². The summed E-state index contributed by atoms with van der Waals surface area (Å²) in [7, 11) is 3.73. The molecule has 6 heterocycles. The number of ether oxygens (including phenoxy) is 1. The number of rotatable bonds is 7. The van der Waals surface area contributed by atoms with Gasteiger partial charge in [0, 0.05) is 62.5 Å². The number of amides is 1. The smallest absolute Gasteiger partial charge is 0.261 e. The highest BCUT2D eigenvalue weighted by atomic mass is 19.1. The summed E-state index contributed by atoms with van der Waals surface area (Å²) < 4.78 is 23.4. The highest BCUT2D eigenvalue weighted by Gasteiger charge is 2.46. The van der Waals surface area contributed by atoms with E-state index in [0.29, 0.717) is 41.6 Å². The molecule has 4 aliphatic rings. The first-order chi connectivity index (χ1) is 24.3. The minimum atomic E-state index is -0.759. The molecule has 3 aliphatic heterocycles. The van der Waals surface area contributed by atoms with Crippen molar-refractivity contribution in [2.45, 2.75) is 69.6 Å². The average Bonchev–Trinajstić information content (AvgIpc) is 3.48. The fourth-order valence-electron chi connectivity index (χ4n) is 8.74. The number of piperidine rings is 2. The van der Waals surface area contributed by atoms with Crippen molar-refractivity contribution >= 4 is 28.6 Å². The first kappa shape index (κ1) is 33.0. The Bertz CT molecular complexity index is 1850. The van der Waals surface area contributed by atoms with Crippen molar-refractivity contribution in [2.24, 2.45) is 5.41 Å². The number of halogens is 1. The number of hydrogen-bond donors (Lipinski definition) is 2. The summed E-state index contributed by atoms with van der Waals surface area (Å²) >= 11 is 0. The van der Waals surface area contributed by atoms with Crippen LogP contribution in [0.15, 0.2) is 48.9 Å². The van der Waals surface area contributed by atoms with Gasteiger partial charge in [-0.2, -0.15) is 0 Å². The minimum absolute atomic E-state index is 0.0128. The molecule has 50 heavy (non-hydrogen) atoms. The third-order valence-corrected chi connectivity index (χ3v) is 11.8. The average molecular weight is 683 g/mol. The number of aliphatic hydroxyl groups excluding tert-OH is 1. The lowest BCUT2D eigenvalue weighted by atomic mass is 9.71. The molecule has 0 bridgehead atoms. The molecule has 8 rings (SSSR count). The quantitative estimate of drug-likeness (QED) is 0.266. The van der Waals surface area contributed by atoms with E-state index < -0.39 is 11.7 Å². The molecule has 1 aromatic carbocycles. The molecule has 1 saturated carbocycles. The normalized spacial score (nSPS) is 23.2. The number of benzene rings is 1. The molecule has 11 nitrogen and oxygen atoms in total. The van der Waals surface area contributed by atoms with Gasteiger partial charge in [0.15, 0.2) is 5.82 Å². The number of nitrogens with one attached hydrogen (secondary N) is 1. The van der Waals surface area contributed by atoms with Crippen molar-refractivity contribution in [3.63, 3.8) is 0 Å². The number of aliphatic hydroxyl groups is 1. The second kappa shape index (κ2) is 13.5. The van der Waals surface area contributed by atoms with Crippen LogP contribution >= 0.6 is 0 Å². The Balaban J connectivity index is 1.03. The van der Waals surface area contributed by atoms with Crippen LogP contribution in [-0.2, 0) is 0 Å². The SMILES string of the molecule is COc1ccncc1-c1nccc(C(=O)Nc2nc3ccc(N4CCC(N5CC6(CCN(C)CC6)C5)CC4)cc3n2C2CCC(O)CC2)c1F. The Labute approximate surface area is 292 Å². The molecule has 4 fully saturated rings. The van der Waals surface area contributed by atoms with Gasteiger partial charge in [-0.3, -0.25) is 25.0 Å². The Kier molecular flexibility index (Phi) is 8.94. The third kappa shape index (κ3) is 6.22. The molecule has 1 spiro atoms. The van der Waals surface area contributed by atoms with Crippen LogP contribution in [-0.4, -0.2) is 106 Å². The lowest BCUT2D eigenvalue weighted by Crippen LogP contribution is -2.63. The van der Waals surface area contributed by atoms with Crippen LogP contribution in [0.5, 0.6) is 5.75 Å². The van der Waals surface area contributed by atoms with E-state index in [9.17, 15) is 9.90 Å². The molecular formula is C38H47FN8O3. The van der Waals surface area contributed by atoms with Crippen LogP contribution in [0.2, 0.25) is 0 Å². The van der Waals surface area contributed by atoms with Crippen molar-refractivity contribution in [1.29, 1.82) is 0 Å². The lowest BCUT2D eigenvalue weighted by Gasteiger charge is -2.57. The van der Waals surface area contributed by atoms with Crippen molar-refractivity contribution in [3.8, 4) is 17.0 Å². The Hall–Kier alpha value is -4.13. The first-order valence-corrected chi connectivity index (χ1v) is 18.1. The van der Waals surface area contributed by atoms with Gasteiger partial charge in [-0.1, -0.05) is 0 Å². The number of anilines is 2. The molecular weight excluding hydrogens is 635 g/mol. The van der Waals surface area contributed by atoms with Crippen molar-refractivity contribution < 1.29 is 19.0 Å². The summed E-state index contributed by atoms with van der Waals surface area (Å²) in [5.74, 6) is -0.589. The van der Waals surface area contributed by atoms with Crippen LogP contribution in [0.3, 0.4) is 0 Å². The summed E-state index contributed by atoms with van der Waals surface area (Å²) in [5.41, 5.74) is 3.60. The summed E-state index contributed by atoms with van der Waals surface area (Å²) in [5, 5.41) is 13.2. The molecule has 2 N–H and O–H groups in total. The maximum Gasteiger partial charge on any atom is 0.261 e. The largest absolute Gasteiger partial charge is 0.496 e. The van der Waals surface area contributed by atoms with E-state index in [4.69, 9.17) is 9.72 Å². The number of likely N-dealkylation sites (tertiary alicyclic amines) is 2. The molecule has 0 unspecified atom stereocenters. The van der Waals surface area contributed by atoms with E-state index >= 15 is 4.39 Å². The van der Waals surface area contributed by atoms with Gasteiger partial charge in [0.1, 0.15) is 11.4 Å². The highest BCUT2D eigenvalue weighted by molar-refractivity contribution is 6.05. The van der Waals surface area contributed by atoms with Crippen LogP contribution < -0.4 is 15.0 Å². The van der Waals surface area contributed by atoms with E-state index in [-0.39, 0.29) is 23.4 Å². The van der Waals surface area contributed by atoms with Gasteiger partial charge in [-0.05, 0) is 107 Å². The number of imidazole rings is 1. The summed E-state index contributed by atoms with van der Waals surface area (Å²) in [6.45, 7) is 6.96. The molecule has 3 saturated heterocycles. The number of nitrogens with zero attached hydrogens (tertiary/aromatic N) is 7. The Morgan fingerprint density at radius 1 is 0.980 bits per heavy atom. The van der Waals surface area contributed by atoms with Gasteiger partial charge in [-0.25, -0.2) is 9.37 Å². The zero-order valence-corrected chi connectivity index (χ0v) is 29.0. The predicted octanol–water partition coefficient (Wildman–Crippen LogP) is 5.37. The maximum absolute atomic E-state index is 15.9. The van der Waals surface area contributed by atoms with Crippen LogP contribution in [0, 0.1) is 11.2 Å². The Morgan fingerprint density at radius 3 is 2.48 bits per heavy atom. The standard InChI is InChI=1S/C38H47FN8O3/c1-44-19-13-38(14-20-44)23-46(24-38)25-11-17-45(18-12-25)27-5-8-31-32(21-27)47(26-3-6-28(48)7-4-26)37(42-31)43-36(49)29-9-16-41-35(34(29)39)30-22-40-15-10-33(30)50-2/h5,8-10,15-16,21-22,25-26,28,48H,3-4,6-7,11-14,17-20,23-24H2,1-2H3,(H,42,43,49). The van der Waals surface area contributed by atoms with Gasteiger partial charge in [-0.15, -0.1) is 0 Å². The fraction of sp³-hybridized carbons (Fsp3) is 0.526. The summed E-state index contributed by atoms with van der Waals surface area (Å²) in [4.78, 5) is 34.6. The zero-order chi connectivity index (χ0) is 34.4. The topological polar surface area (TPSA) is 112 Å². The van der Waals surface area contributed by atoms with E-state index in [1.165, 1.54) is 64.6 Å². The monoisotopic (exact) mass is 682 g/mol. The molecule has 3 aromatic heterocycles. The summed E-state index contributed by atoms with van der Waals surface area (Å²) in [6.07, 6.45) is 11.9. The van der Waals surface area contributed by atoms with Gasteiger partial charge in [0.25, 0.3) is 5.91 Å².